The lowest BCUT2D eigenvalue weighted by Gasteiger charge is -2.03. The van der Waals surface area contributed by atoms with Crippen molar-refractivity contribution in [2.24, 2.45) is 0 Å². The molecular weight excluding hydrogens is 257 g/mol. The zero-order valence-corrected chi connectivity index (χ0v) is 10.6. The van der Waals surface area contributed by atoms with Crippen LogP contribution < -0.4 is 0 Å². The van der Waals surface area contributed by atoms with Gasteiger partial charge in [-0.2, -0.15) is 0 Å². The molecule has 1 heterocycles. The third kappa shape index (κ3) is 2.65. The minimum Gasteiger partial charge on any atom is -0.287 e. The Morgan fingerprint density at radius 1 is 1.18 bits per heavy atom. The van der Waals surface area contributed by atoms with Crippen LogP contribution in [0.1, 0.15) is 21.6 Å². The molecule has 2 aromatic rings. The van der Waals surface area contributed by atoms with Gasteiger partial charge in [-0.05, 0) is 36.8 Å². The van der Waals surface area contributed by atoms with Crippen LogP contribution >= 0.6 is 23.2 Å². The second kappa shape index (κ2) is 4.86. The van der Waals surface area contributed by atoms with E-state index in [9.17, 15) is 4.79 Å². The fourth-order valence-corrected chi connectivity index (χ4v) is 1.79. The highest BCUT2D eigenvalue weighted by molar-refractivity contribution is 6.36. The van der Waals surface area contributed by atoms with Crippen molar-refractivity contribution in [1.29, 1.82) is 0 Å². The van der Waals surface area contributed by atoms with E-state index in [2.05, 4.69) is 4.98 Å². The number of aromatic nitrogens is 1. The number of carbonyl (C=O) groups excluding carboxylic acids is 1. The number of hydrogen-bond acceptors (Lipinski definition) is 2. The minimum absolute atomic E-state index is 0.225. The van der Waals surface area contributed by atoms with Gasteiger partial charge in [-0.15, -0.1) is 0 Å². The molecule has 4 heteroatoms. The van der Waals surface area contributed by atoms with E-state index in [0.29, 0.717) is 21.3 Å². The number of carbonyl (C=O) groups is 1. The second-order valence-electron chi connectivity index (χ2n) is 3.67. The zero-order chi connectivity index (χ0) is 12.4. The molecule has 0 N–H and O–H groups in total. The van der Waals surface area contributed by atoms with Crippen molar-refractivity contribution in [3.8, 4) is 0 Å². The first-order valence-corrected chi connectivity index (χ1v) is 5.76. The van der Waals surface area contributed by atoms with Crippen molar-refractivity contribution in [3.63, 3.8) is 0 Å². The monoisotopic (exact) mass is 265 g/mol. The lowest BCUT2D eigenvalue weighted by atomic mass is 10.1. The van der Waals surface area contributed by atoms with Gasteiger partial charge in [0.1, 0.15) is 5.69 Å². The summed E-state index contributed by atoms with van der Waals surface area (Å²) in [5.74, 6) is -0.225. The molecule has 0 aliphatic carbocycles. The van der Waals surface area contributed by atoms with Gasteiger partial charge in [0.2, 0.25) is 5.78 Å². The van der Waals surface area contributed by atoms with Gasteiger partial charge in [-0.3, -0.25) is 9.78 Å². The second-order valence-corrected chi connectivity index (χ2v) is 4.52. The van der Waals surface area contributed by atoms with Crippen LogP contribution in [-0.4, -0.2) is 10.8 Å². The number of hydrogen-bond donors (Lipinski definition) is 0. The number of aryl methyl sites for hydroxylation is 1. The Balaban J connectivity index is 2.43. The summed E-state index contributed by atoms with van der Waals surface area (Å²) in [7, 11) is 0. The summed E-state index contributed by atoms with van der Waals surface area (Å²) in [4.78, 5) is 16.2. The van der Waals surface area contributed by atoms with Crippen LogP contribution in [0, 0.1) is 6.92 Å². The van der Waals surface area contributed by atoms with E-state index in [4.69, 9.17) is 23.2 Å². The smallest absolute Gasteiger partial charge is 0.212 e. The Labute approximate surface area is 109 Å². The van der Waals surface area contributed by atoms with Gasteiger partial charge in [0.25, 0.3) is 0 Å². The van der Waals surface area contributed by atoms with Gasteiger partial charge >= 0.3 is 0 Å². The Kier molecular flexibility index (Phi) is 3.46. The number of rotatable bonds is 2. The minimum atomic E-state index is -0.225. The molecule has 0 unspecified atom stereocenters. The number of nitrogens with zero attached hydrogens (tertiary/aromatic N) is 1. The molecule has 0 spiro atoms. The van der Waals surface area contributed by atoms with Crippen molar-refractivity contribution >= 4 is 29.0 Å². The van der Waals surface area contributed by atoms with Crippen LogP contribution in [-0.2, 0) is 0 Å². The lowest BCUT2D eigenvalue weighted by molar-refractivity contribution is 0.103. The molecule has 2 nitrogen and oxygen atoms in total. The highest BCUT2D eigenvalue weighted by Gasteiger charge is 2.14. The SMILES string of the molecule is Cc1ccc(C(=O)c2cc(Cl)ccc2Cl)nc1. The van der Waals surface area contributed by atoms with Crippen LogP contribution in [0.4, 0.5) is 0 Å². The van der Waals surface area contributed by atoms with Crippen molar-refractivity contribution in [2.45, 2.75) is 6.92 Å². The van der Waals surface area contributed by atoms with E-state index in [-0.39, 0.29) is 5.78 Å². The highest BCUT2D eigenvalue weighted by Crippen LogP contribution is 2.22. The first-order chi connectivity index (χ1) is 8.08. The normalized spacial score (nSPS) is 10.3. The summed E-state index contributed by atoms with van der Waals surface area (Å²) >= 11 is 11.8. The summed E-state index contributed by atoms with van der Waals surface area (Å²) < 4.78 is 0. The topological polar surface area (TPSA) is 30.0 Å². The average Bonchev–Trinajstić information content (AvgIpc) is 2.32. The maximum absolute atomic E-state index is 12.1. The fraction of sp³-hybridized carbons (Fsp3) is 0.0769. The first-order valence-electron chi connectivity index (χ1n) is 5.00. The Morgan fingerprint density at radius 2 is 1.94 bits per heavy atom. The Bertz CT molecular complexity index is 564. The standard InChI is InChI=1S/C13H9Cl2NO/c1-8-2-5-12(16-7-8)13(17)10-6-9(14)3-4-11(10)15/h2-7H,1H3. The quantitative estimate of drug-likeness (QED) is 0.771. The molecule has 0 bridgehead atoms. The molecule has 17 heavy (non-hydrogen) atoms. The molecule has 0 fully saturated rings. The first kappa shape index (κ1) is 12.1. The lowest BCUT2D eigenvalue weighted by Crippen LogP contribution is -2.04. The largest absolute Gasteiger partial charge is 0.287 e. The zero-order valence-electron chi connectivity index (χ0n) is 9.08. The summed E-state index contributed by atoms with van der Waals surface area (Å²) in [6, 6.07) is 8.30. The van der Waals surface area contributed by atoms with E-state index in [1.54, 1.807) is 30.5 Å². The van der Waals surface area contributed by atoms with Crippen LogP contribution in [0.5, 0.6) is 0 Å². The van der Waals surface area contributed by atoms with Crippen LogP contribution in [0.15, 0.2) is 36.5 Å². The molecule has 0 amide bonds. The van der Waals surface area contributed by atoms with Crippen molar-refractivity contribution in [3.05, 3.63) is 63.4 Å². The van der Waals surface area contributed by atoms with Crippen LogP contribution in [0.25, 0.3) is 0 Å². The van der Waals surface area contributed by atoms with Gasteiger partial charge in [0.05, 0.1) is 5.02 Å². The maximum atomic E-state index is 12.1. The van der Waals surface area contributed by atoms with E-state index >= 15 is 0 Å². The van der Waals surface area contributed by atoms with Gasteiger partial charge in [0.15, 0.2) is 0 Å². The molecule has 0 atom stereocenters. The maximum Gasteiger partial charge on any atom is 0.212 e. The van der Waals surface area contributed by atoms with Gasteiger partial charge < -0.3 is 0 Å². The third-order valence-corrected chi connectivity index (χ3v) is 2.88. The molecule has 0 aliphatic heterocycles. The van der Waals surface area contributed by atoms with Crippen molar-refractivity contribution in [1.82, 2.24) is 4.98 Å². The summed E-state index contributed by atoms with van der Waals surface area (Å²) in [6.07, 6.45) is 1.64. The third-order valence-electron chi connectivity index (χ3n) is 2.32. The van der Waals surface area contributed by atoms with E-state index in [0.717, 1.165) is 5.56 Å². The van der Waals surface area contributed by atoms with E-state index in [1.807, 2.05) is 13.0 Å². The molecule has 2 rings (SSSR count). The molecule has 0 saturated carbocycles. The van der Waals surface area contributed by atoms with E-state index in [1.165, 1.54) is 0 Å². The summed E-state index contributed by atoms with van der Waals surface area (Å²) in [5.41, 5.74) is 1.73. The molecule has 1 aromatic carbocycles. The average molecular weight is 266 g/mol. The number of pyridine rings is 1. The van der Waals surface area contributed by atoms with Crippen molar-refractivity contribution in [2.75, 3.05) is 0 Å². The predicted molar refractivity (Wildman–Crippen MR) is 68.9 cm³/mol. The number of ketones is 1. The van der Waals surface area contributed by atoms with Crippen molar-refractivity contribution < 1.29 is 4.79 Å². The molecule has 0 saturated heterocycles. The molecule has 1 aromatic heterocycles. The fourth-order valence-electron chi connectivity index (χ4n) is 1.41. The Hall–Kier alpha value is -1.38. The summed E-state index contributed by atoms with van der Waals surface area (Å²) in [5, 5.41) is 0.853. The van der Waals surface area contributed by atoms with Crippen LogP contribution in [0.2, 0.25) is 10.0 Å². The number of benzene rings is 1. The summed E-state index contributed by atoms with van der Waals surface area (Å²) in [6.45, 7) is 1.91. The molecule has 86 valence electrons. The highest BCUT2D eigenvalue weighted by atomic mass is 35.5. The Morgan fingerprint density at radius 3 is 2.59 bits per heavy atom. The van der Waals surface area contributed by atoms with Crippen LogP contribution in [0.3, 0.4) is 0 Å². The molecule has 0 aliphatic rings. The number of halogens is 2. The van der Waals surface area contributed by atoms with Gasteiger partial charge in [-0.25, -0.2) is 0 Å². The van der Waals surface area contributed by atoms with E-state index < -0.39 is 0 Å². The molecular formula is C13H9Cl2NO. The van der Waals surface area contributed by atoms with Gasteiger partial charge in [-0.1, -0.05) is 29.3 Å². The van der Waals surface area contributed by atoms with Gasteiger partial charge in [0, 0.05) is 16.8 Å². The predicted octanol–water partition coefficient (Wildman–Crippen LogP) is 3.93. The molecule has 0 radical (unpaired) electrons.